The highest BCUT2D eigenvalue weighted by Crippen LogP contribution is 2.31. The molecule has 3 aromatic carbocycles. The van der Waals surface area contributed by atoms with E-state index in [1.807, 2.05) is 62.4 Å². The molecule has 30 heavy (non-hydrogen) atoms. The number of hydrogen-bond acceptors (Lipinski definition) is 4. The van der Waals surface area contributed by atoms with Gasteiger partial charge in [0.2, 0.25) is 0 Å². The fraction of sp³-hybridized carbons (Fsp3) is 0.0833. The van der Waals surface area contributed by atoms with Crippen LogP contribution in [0.5, 0.6) is 0 Å². The highest BCUT2D eigenvalue weighted by Gasteiger charge is 2.22. The third-order valence-corrected chi connectivity index (χ3v) is 4.63. The summed E-state index contributed by atoms with van der Waals surface area (Å²) in [6.45, 7) is 3.95. The molecule has 0 N–H and O–H groups in total. The minimum atomic E-state index is -0.602. The molecule has 6 nitrogen and oxygen atoms in total. The molecule has 0 saturated heterocycles. The third kappa shape index (κ3) is 5.05. The fourth-order valence-corrected chi connectivity index (χ4v) is 2.92. The van der Waals surface area contributed by atoms with Gasteiger partial charge in [0.1, 0.15) is 0 Å². The van der Waals surface area contributed by atoms with Gasteiger partial charge in [0.15, 0.2) is 0 Å². The van der Waals surface area contributed by atoms with Crippen molar-refractivity contribution >= 4 is 35.7 Å². The van der Waals surface area contributed by atoms with E-state index in [1.54, 1.807) is 24.3 Å². The van der Waals surface area contributed by atoms with Crippen molar-refractivity contribution in [3.05, 3.63) is 114 Å². The Balaban J connectivity index is 2.05. The van der Waals surface area contributed by atoms with E-state index in [0.29, 0.717) is 11.1 Å². The third-order valence-electron chi connectivity index (χ3n) is 4.63. The van der Waals surface area contributed by atoms with Gasteiger partial charge in [-0.2, -0.15) is 0 Å². The van der Waals surface area contributed by atoms with Gasteiger partial charge in [-0.25, -0.2) is 0 Å². The van der Waals surface area contributed by atoms with E-state index in [9.17, 15) is 20.2 Å². The van der Waals surface area contributed by atoms with E-state index < -0.39 is 9.85 Å². The number of nitro groups is 2. The highest BCUT2D eigenvalue weighted by molar-refractivity contribution is 5.81. The standard InChI is InChI=1S/C24H20N2O4/c1-17-3-7-19(8-4-17)11-13-21-15-22(14-12-20-9-5-18(2)6-10-20)24(26(29)30)16-23(21)25(27)28/h3-16H,1-2H3. The van der Waals surface area contributed by atoms with E-state index in [4.69, 9.17) is 0 Å². The molecule has 0 aromatic heterocycles. The quantitative estimate of drug-likeness (QED) is 0.270. The maximum absolute atomic E-state index is 11.5. The smallest absolute Gasteiger partial charge is 0.258 e. The number of nitro benzene ring substituents is 2. The highest BCUT2D eigenvalue weighted by atomic mass is 16.6. The summed E-state index contributed by atoms with van der Waals surface area (Å²) in [5.74, 6) is 0. The lowest BCUT2D eigenvalue weighted by Crippen LogP contribution is -1.98. The van der Waals surface area contributed by atoms with Gasteiger partial charge in [0.25, 0.3) is 11.4 Å². The molecule has 0 bridgehead atoms. The van der Waals surface area contributed by atoms with Crippen LogP contribution in [0.15, 0.2) is 60.7 Å². The summed E-state index contributed by atoms with van der Waals surface area (Å²) in [6.07, 6.45) is 6.72. The summed E-state index contributed by atoms with van der Waals surface area (Å²) in [6, 6.07) is 17.9. The molecule has 0 aliphatic rings. The van der Waals surface area contributed by atoms with Crippen LogP contribution in [0.4, 0.5) is 11.4 Å². The molecule has 3 rings (SSSR count). The van der Waals surface area contributed by atoms with Gasteiger partial charge in [0, 0.05) is 0 Å². The fourth-order valence-electron chi connectivity index (χ4n) is 2.92. The molecular formula is C24H20N2O4. The summed E-state index contributed by atoms with van der Waals surface area (Å²) >= 11 is 0. The minimum absolute atomic E-state index is 0.301. The van der Waals surface area contributed by atoms with E-state index in [-0.39, 0.29) is 11.4 Å². The Hall–Kier alpha value is -4.06. The van der Waals surface area contributed by atoms with Gasteiger partial charge >= 0.3 is 0 Å². The topological polar surface area (TPSA) is 86.3 Å². The van der Waals surface area contributed by atoms with Gasteiger partial charge in [-0.1, -0.05) is 71.8 Å². The maximum Gasteiger partial charge on any atom is 0.283 e. The summed E-state index contributed by atoms with van der Waals surface area (Å²) in [5.41, 5.74) is 3.96. The average molecular weight is 400 g/mol. The molecule has 0 aliphatic heterocycles. The molecule has 150 valence electrons. The van der Waals surface area contributed by atoms with Crippen molar-refractivity contribution in [2.24, 2.45) is 0 Å². The Morgan fingerprint density at radius 1 is 0.600 bits per heavy atom. The number of rotatable bonds is 6. The van der Waals surface area contributed by atoms with E-state index >= 15 is 0 Å². The van der Waals surface area contributed by atoms with E-state index in [1.165, 1.54) is 6.07 Å². The lowest BCUT2D eigenvalue weighted by atomic mass is 10.0. The Morgan fingerprint density at radius 3 is 1.30 bits per heavy atom. The van der Waals surface area contributed by atoms with Gasteiger partial charge < -0.3 is 0 Å². The molecule has 6 heteroatoms. The van der Waals surface area contributed by atoms with Crippen molar-refractivity contribution in [1.82, 2.24) is 0 Å². The minimum Gasteiger partial charge on any atom is -0.258 e. The number of nitrogens with zero attached hydrogens (tertiary/aromatic N) is 2. The molecule has 0 amide bonds. The van der Waals surface area contributed by atoms with Crippen LogP contribution in [0.25, 0.3) is 24.3 Å². The van der Waals surface area contributed by atoms with Crippen molar-refractivity contribution in [2.45, 2.75) is 13.8 Å². The summed E-state index contributed by atoms with van der Waals surface area (Å²) in [4.78, 5) is 21.8. The molecule has 0 fully saturated rings. The SMILES string of the molecule is Cc1ccc(C=Cc2cc(C=Cc3ccc(C)cc3)c([N+](=O)[O-])cc2[N+](=O)[O-])cc1. The Kier molecular flexibility index (Phi) is 6.17. The first kappa shape index (κ1) is 20.7. The van der Waals surface area contributed by atoms with Gasteiger partial charge in [-0.05, 0) is 43.2 Å². The van der Waals surface area contributed by atoms with E-state index in [2.05, 4.69) is 0 Å². The second kappa shape index (κ2) is 8.96. The Labute approximate surface area is 174 Å². The number of hydrogen-bond donors (Lipinski definition) is 0. The zero-order valence-corrected chi connectivity index (χ0v) is 16.6. The molecular weight excluding hydrogens is 380 g/mol. The van der Waals surface area contributed by atoms with Crippen LogP contribution in [0.2, 0.25) is 0 Å². The molecule has 0 aliphatic carbocycles. The predicted octanol–water partition coefficient (Wildman–Crippen LogP) is 6.46. The number of aryl methyl sites for hydroxylation is 2. The van der Waals surface area contributed by atoms with Crippen LogP contribution in [0, 0.1) is 34.1 Å². The lowest BCUT2D eigenvalue weighted by molar-refractivity contribution is -0.394. The van der Waals surface area contributed by atoms with Gasteiger partial charge in [0.05, 0.1) is 27.0 Å². The summed E-state index contributed by atoms with van der Waals surface area (Å²) < 4.78 is 0. The second-order valence-electron chi connectivity index (χ2n) is 6.97. The monoisotopic (exact) mass is 400 g/mol. The first-order chi connectivity index (χ1) is 14.3. The Bertz CT molecular complexity index is 1060. The zero-order valence-electron chi connectivity index (χ0n) is 16.6. The summed E-state index contributed by atoms with van der Waals surface area (Å²) in [7, 11) is 0. The first-order valence-corrected chi connectivity index (χ1v) is 9.30. The van der Waals surface area contributed by atoms with Crippen molar-refractivity contribution in [1.29, 1.82) is 0 Å². The maximum atomic E-state index is 11.5. The van der Waals surface area contributed by atoms with Crippen LogP contribution in [-0.2, 0) is 0 Å². The van der Waals surface area contributed by atoms with Crippen molar-refractivity contribution in [3.8, 4) is 0 Å². The molecule has 0 atom stereocenters. The van der Waals surface area contributed by atoms with Gasteiger partial charge in [-0.3, -0.25) is 20.2 Å². The van der Waals surface area contributed by atoms with Gasteiger partial charge in [-0.15, -0.1) is 0 Å². The van der Waals surface area contributed by atoms with Crippen molar-refractivity contribution in [2.75, 3.05) is 0 Å². The van der Waals surface area contributed by atoms with Crippen LogP contribution in [0.1, 0.15) is 33.4 Å². The lowest BCUT2D eigenvalue weighted by Gasteiger charge is -2.03. The molecule has 0 unspecified atom stereocenters. The zero-order chi connectivity index (χ0) is 21.7. The summed E-state index contributed by atoms with van der Waals surface area (Å²) in [5, 5.41) is 23.0. The molecule has 0 spiro atoms. The van der Waals surface area contributed by atoms with Crippen LogP contribution in [0.3, 0.4) is 0 Å². The van der Waals surface area contributed by atoms with Crippen molar-refractivity contribution < 1.29 is 9.85 Å². The van der Waals surface area contributed by atoms with Crippen LogP contribution in [-0.4, -0.2) is 9.85 Å². The Morgan fingerprint density at radius 2 is 0.967 bits per heavy atom. The van der Waals surface area contributed by atoms with E-state index in [0.717, 1.165) is 28.3 Å². The number of benzene rings is 3. The second-order valence-corrected chi connectivity index (χ2v) is 6.97. The predicted molar refractivity (Wildman–Crippen MR) is 120 cm³/mol. The molecule has 0 saturated carbocycles. The van der Waals surface area contributed by atoms with Crippen LogP contribution >= 0.6 is 0 Å². The first-order valence-electron chi connectivity index (χ1n) is 9.30. The average Bonchev–Trinajstić information content (AvgIpc) is 2.72. The largest absolute Gasteiger partial charge is 0.283 e. The molecule has 3 aromatic rings. The molecule has 0 heterocycles. The van der Waals surface area contributed by atoms with Crippen molar-refractivity contribution in [3.63, 3.8) is 0 Å². The normalized spacial score (nSPS) is 11.3. The van der Waals surface area contributed by atoms with Crippen LogP contribution < -0.4 is 0 Å². The molecule has 0 radical (unpaired) electrons.